The minimum atomic E-state index is -3.87. The lowest BCUT2D eigenvalue weighted by Crippen LogP contribution is -2.59. The van der Waals surface area contributed by atoms with Crippen LogP contribution < -0.4 is 20.7 Å². The largest absolute Gasteiger partial charge is 0.497 e. The first-order valence-electron chi connectivity index (χ1n) is 9.30. The molecule has 11 heteroatoms. The Hall–Kier alpha value is -2.27. The monoisotopic (exact) mass is 483 g/mol. The summed E-state index contributed by atoms with van der Waals surface area (Å²) in [5.74, 6) is -0.301. The SMILES string of the molecule is COc1ccc(S(=O)(=O)C2CNC(SCC(=O)Nc3cc(Cl)ccc3C)NC2=O)cc1. The van der Waals surface area contributed by atoms with Crippen molar-refractivity contribution in [2.45, 2.75) is 22.6 Å². The van der Waals surface area contributed by atoms with E-state index in [4.69, 9.17) is 16.3 Å². The molecule has 0 bridgehead atoms. The molecule has 1 saturated heterocycles. The van der Waals surface area contributed by atoms with Crippen LogP contribution in [0.1, 0.15) is 5.56 Å². The Bertz CT molecular complexity index is 1080. The van der Waals surface area contributed by atoms with Crippen molar-refractivity contribution in [3.63, 3.8) is 0 Å². The smallest absolute Gasteiger partial charge is 0.241 e. The van der Waals surface area contributed by atoms with Crippen LogP contribution in [0.4, 0.5) is 5.69 Å². The Balaban J connectivity index is 1.55. The lowest BCUT2D eigenvalue weighted by Gasteiger charge is -2.29. The molecule has 0 radical (unpaired) electrons. The normalized spacial score (nSPS) is 18.9. The fourth-order valence-electron chi connectivity index (χ4n) is 2.94. The van der Waals surface area contributed by atoms with Gasteiger partial charge in [0.05, 0.1) is 17.8 Å². The van der Waals surface area contributed by atoms with Crippen molar-refractivity contribution in [1.29, 1.82) is 0 Å². The van der Waals surface area contributed by atoms with Crippen LogP contribution >= 0.6 is 23.4 Å². The molecule has 0 aliphatic carbocycles. The number of benzene rings is 2. The second-order valence-corrected chi connectivity index (χ2v) is 10.5. The molecule has 3 rings (SSSR count). The van der Waals surface area contributed by atoms with E-state index < -0.39 is 26.5 Å². The summed E-state index contributed by atoms with van der Waals surface area (Å²) >= 11 is 7.11. The maximum Gasteiger partial charge on any atom is 0.241 e. The molecular formula is C20H22ClN3O5S2. The molecule has 2 aromatic carbocycles. The van der Waals surface area contributed by atoms with E-state index in [-0.39, 0.29) is 23.1 Å². The summed E-state index contributed by atoms with van der Waals surface area (Å²) in [4.78, 5) is 24.8. The molecule has 2 atom stereocenters. The van der Waals surface area contributed by atoms with Crippen molar-refractivity contribution >= 4 is 50.7 Å². The Morgan fingerprint density at radius 3 is 2.61 bits per heavy atom. The van der Waals surface area contributed by atoms with Crippen LogP contribution in [0.2, 0.25) is 5.02 Å². The number of hydrogen-bond donors (Lipinski definition) is 3. The van der Waals surface area contributed by atoms with Crippen LogP contribution in [0, 0.1) is 6.92 Å². The van der Waals surface area contributed by atoms with Crippen molar-refractivity contribution in [1.82, 2.24) is 10.6 Å². The van der Waals surface area contributed by atoms with Crippen molar-refractivity contribution in [2.75, 3.05) is 24.7 Å². The van der Waals surface area contributed by atoms with Crippen LogP contribution in [-0.4, -0.2) is 50.4 Å². The fourth-order valence-corrected chi connectivity index (χ4v) is 5.42. The summed E-state index contributed by atoms with van der Waals surface area (Å²) in [6.07, 6.45) is 0. The van der Waals surface area contributed by atoms with E-state index in [0.717, 1.165) is 17.3 Å². The lowest BCUT2D eigenvalue weighted by atomic mass is 10.2. The van der Waals surface area contributed by atoms with Crippen molar-refractivity contribution in [3.05, 3.63) is 53.1 Å². The van der Waals surface area contributed by atoms with E-state index in [0.29, 0.717) is 16.5 Å². The number of anilines is 1. The first-order valence-corrected chi connectivity index (χ1v) is 12.3. The number of thioether (sulfide) groups is 1. The molecule has 0 spiro atoms. The summed E-state index contributed by atoms with van der Waals surface area (Å²) in [6.45, 7) is 1.79. The fraction of sp³-hybridized carbons (Fsp3) is 0.300. The molecule has 0 aromatic heterocycles. The van der Waals surface area contributed by atoms with Crippen LogP contribution in [-0.2, 0) is 19.4 Å². The Morgan fingerprint density at radius 2 is 1.97 bits per heavy atom. The van der Waals surface area contributed by atoms with Gasteiger partial charge in [0.25, 0.3) is 0 Å². The molecule has 1 aliphatic heterocycles. The molecule has 2 amide bonds. The number of methoxy groups -OCH3 is 1. The van der Waals surface area contributed by atoms with Crippen molar-refractivity contribution in [3.8, 4) is 5.75 Å². The predicted octanol–water partition coefficient (Wildman–Crippen LogP) is 2.17. The van der Waals surface area contributed by atoms with Gasteiger partial charge in [0, 0.05) is 17.3 Å². The molecule has 2 aromatic rings. The van der Waals surface area contributed by atoms with E-state index in [2.05, 4.69) is 16.0 Å². The minimum absolute atomic E-state index is 0.0395. The van der Waals surface area contributed by atoms with Crippen molar-refractivity contribution < 1.29 is 22.7 Å². The second-order valence-electron chi connectivity index (χ2n) is 6.82. The number of carbonyl (C=O) groups is 2. The highest BCUT2D eigenvalue weighted by Gasteiger charge is 2.38. The molecule has 2 unspecified atom stereocenters. The van der Waals surface area contributed by atoms with Gasteiger partial charge in [-0.3, -0.25) is 14.9 Å². The van der Waals surface area contributed by atoms with Gasteiger partial charge in [0.15, 0.2) is 15.1 Å². The van der Waals surface area contributed by atoms with Gasteiger partial charge in [0.1, 0.15) is 11.2 Å². The highest BCUT2D eigenvalue weighted by molar-refractivity contribution is 8.00. The van der Waals surface area contributed by atoms with Gasteiger partial charge in [-0.2, -0.15) is 0 Å². The average Bonchev–Trinajstić information content (AvgIpc) is 2.74. The maximum atomic E-state index is 12.8. The zero-order valence-corrected chi connectivity index (χ0v) is 19.2. The molecular weight excluding hydrogens is 462 g/mol. The predicted molar refractivity (Wildman–Crippen MR) is 121 cm³/mol. The van der Waals surface area contributed by atoms with Crippen LogP contribution in [0.15, 0.2) is 47.4 Å². The first kappa shape index (κ1) is 23.4. The summed E-state index contributed by atoms with van der Waals surface area (Å²) in [5, 5.41) is 7.60. The van der Waals surface area contributed by atoms with E-state index in [1.807, 2.05) is 6.92 Å². The topological polar surface area (TPSA) is 114 Å². The molecule has 1 fully saturated rings. The number of nitrogens with one attached hydrogen (secondary N) is 3. The standard InChI is InChI=1S/C20H22ClN3O5S2/c1-12-3-4-13(21)9-16(12)23-18(25)11-30-20-22-10-17(19(26)24-20)31(27,28)15-7-5-14(29-2)6-8-15/h3-9,17,20,22H,10-11H2,1-2H3,(H,23,25)(H,24,26). The van der Waals surface area contributed by atoms with Crippen LogP contribution in [0.3, 0.4) is 0 Å². The van der Waals surface area contributed by atoms with Crippen LogP contribution in [0.5, 0.6) is 5.75 Å². The molecule has 31 heavy (non-hydrogen) atoms. The lowest BCUT2D eigenvalue weighted by molar-refractivity contribution is -0.122. The number of sulfone groups is 1. The Morgan fingerprint density at radius 1 is 1.26 bits per heavy atom. The van der Waals surface area contributed by atoms with Gasteiger partial charge in [-0.1, -0.05) is 17.7 Å². The van der Waals surface area contributed by atoms with E-state index in [1.165, 1.54) is 31.4 Å². The number of hydrogen-bond acceptors (Lipinski definition) is 7. The van der Waals surface area contributed by atoms with Gasteiger partial charge < -0.3 is 15.4 Å². The molecule has 3 N–H and O–H groups in total. The highest BCUT2D eigenvalue weighted by atomic mass is 35.5. The third-order valence-electron chi connectivity index (χ3n) is 4.67. The summed E-state index contributed by atoms with van der Waals surface area (Å²) < 4.78 is 30.6. The van der Waals surface area contributed by atoms with E-state index >= 15 is 0 Å². The third kappa shape index (κ3) is 5.70. The van der Waals surface area contributed by atoms with Gasteiger partial charge in [-0.05, 0) is 48.9 Å². The molecule has 1 heterocycles. The van der Waals surface area contributed by atoms with E-state index in [9.17, 15) is 18.0 Å². The number of aryl methyl sites for hydroxylation is 1. The quantitative estimate of drug-likeness (QED) is 0.553. The minimum Gasteiger partial charge on any atom is -0.497 e. The third-order valence-corrected chi connectivity index (χ3v) is 8.01. The molecule has 166 valence electrons. The van der Waals surface area contributed by atoms with Crippen LogP contribution in [0.25, 0.3) is 0 Å². The maximum absolute atomic E-state index is 12.8. The van der Waals surface area contributed by atoms with Gasteiger partial charge in [-0.15, -0.1) is 11.8 Å². The first-order chi connectivity index (χ1) is 14.7. The second kappa shape index (κ2) is 9.90. The van der Waals surface area contributed by atoms with E-state index in [1.54, 1.807) is 18.2 Å². The molecule has 8 nitrogen and oxygen atoms in total. The Kier molecular flexibility index (Phi) is 7.47. The number of ether oxygens (including phenoxy) is 1. The average molecular weight is 484 g/mol. The summed E-state index contributed by atoms with van der Waals surface area (Å²) in [7, 11) is -2.39. The van der Waals surface area contributed by atoms with Gasteiger partial charge in [-0.25, -0.2) is 8.42 Å². The van der Waals surface area contributed by atoms with Gasteiger partial charge >= 0.3 is 0 Å². The molecule has 1 aliphatic rings. The van der Waals surface area contributed by atoms with Gasteiger partial charge in [0.2, 0.25) is 11.8 Å². The van der Waals surface area contributed by atoms with Crippen molar-refractivity contribution in [2.24, 2.45) is 0 Å². The molecule has 0 saturated carbocycles. The Labute approximate surface area is 190 Å². The zero-order chi connectivity index (χ0) is 22.6. The highest BCUT2D eigenvalue weighted by Crippen LogP contribution is 2.23. The summed E-state index contributed by atoms with van der Waals surface area (Å²) in [5.41, 5.74) is 0.906. The number of rotatable bonds is 7. The summed E-state index contributed by atoms with van der Waals surface area (Å²) in [6, 6.07) is 11.1. The zero-order valence-electron chi connectivity index (χ0n) is 16.8. The number of amides is 2. The number of carbonyl (C=O) groups excluding carboxylic acids is 2. The number of halogens is 1.